The summed E-state index contributed by atoms with van der Waals surface area (Å²) in [5.41, 5.74) is 0.890. The fourth-order valence-corrected chi connectivity index (χ4v) is 3.05. The molecule has 0 aliphatic carbocycles. The Labute approximate surface area is 148 Å². The number of aromatic nitrogens is 4. The number of imidazole rings is 1. The average molecular weight is 360 g/mol. The van der Waals surface area contributed by atoms with E-state index < -0.39 is 0 Å². The summed E-state index contributed by atoms with van der Waals surface area (Å²) in [4.78, 5) is 24.6. The summed E-state index contributed by atoms with van der Waals surface area (Å²) in [6.07, 6.45) is 6.67. The third-order valence-electron chi connectivity index (χ3n) is 3.15. The molecule has 1 unspecified atom stereocenters. The van der Waals surface area contributed by atoms with Crippen molar-refractivity contribution in [3.05, 3.63) is 60.1 Å². The van der Waals surface area contributed by atoms with Gasteiger partial charge in [-0.3, -0.25) is 14.7 Å². The first kappa shape index (κ1) is 16.5. The van der Waals surface area contributed by atoms with E-state index in [1.165, 1.54) is 11.8 Å². The van der Waals surface area contributed by atoms with Crippen LogP contribution in [0.5, 0.6) is 0 Å². The van der Waals surface area contributed by atoms with Crippen LogP contribution in [0.3, 0.4) is 0 Å². The van der Waals surface area contributed by atoms with Crippen LogP contribution in [-0.4, -0.2) is 30.7 Å². The lowest BCUT2D eigenvalue weighted by molar-refractivity contribution is -0.115. The second kappa shape index (κ2) is 7.46. The van der Waals surface area contributed by atoms with Crippen LogP contribution in [0, 0.1) is 0 Å². The molecule has 6 nitrogen and oxygen atoms in total. The molecule has 3 aromatic rings. The van der Waals surface area contributed by atoms with Gasteiger partial charge in [0.05, 0.1) is 5.25 Å². The maximum atomic E-state index is 12.3. The number of thioether (sulfide) groups is 1. The summed E-state index contributed by atoms with van der Waals surface area (Å²) in [6.45, 7) is 1.81. The highest BCUT2D eigenvalue weighted by atomic mass is 35.5. The van der Waals surface area contributed by atoms with Gasteiger partial charge in [-0.25, -0.2) is 15.0 Å². The Balaban J connectivity index is 1.72. The molecule has 1 aromatic carbocycles. The van der Waals surface area contributed by atoms with E-state index in [0.29, 0.717) is 10.2 Å². The number of halogens is 1. The van der Waals surface area contributed by atoms with Gasteiger partial charge < -0.3 is 0 Å². The van der Waals surface area contributed by atoms with Crippen molar-refractivity contribution in [1.29, 1.82) is 0 Å². The van der Waals surface area contributed by atoms with Crippen LogP contribution >= 0.6 is 23.4 Å². The van der Waals surface area contributed by atoms with Crippen molar-refractivity contribution in [1.82, 2.24) is 19.5 Å². The van der Waals surface area contributed by atoms with E-state index in [1.807, 2.05) is 35.0 Å². The third-order valence-corrected chi connectivity index (χ3v) is 4.46. The molecule has 122 valence electrons. The van der Waals surface area contributed by atoms with Gasteiger partial charge in [0, 0.05) is 35.5 Å². The average Bonchev–Trinajstić information content (AvgIpc) is 3.04. The van der Waals surface area contributed by atoms with Crippen molar-refractivity contribution >= 4 is 35.2 Å². The zero-order valence-electron chi connectivity index (χ0n) is 12.8. The van der Waals surface area contributed by atoms with Crippen molar-refractivity contribution in [2.24, 2.45) is 0 Å². The van der Waals surface area contributed by atoms with Gasteiger partial charge in [-0.05, 0) is 31.2 Å². The summed E-state index contributed by atoms with van der Waals surface area (Å²) in [6, 6.07) is 9.14. The lowest BCUT2D eigenvalue weighted by atomic mass is 10.3. The molecule has 0 bridgehead atoms. The van der Waals surface area contributed by atoms with Gasteiger partial charge in [0.25, 0.3) is 0 Å². The van der Waals surface area contributed by atoms with Gasteiger partial charge in [0.2, 0.25) is 11.9 Å². The molecule has 3 rings (SSSR count). The van der Waals surface area contributed by atoms with E-state index in [4.69, 9.17) is 11.6 Å². The predicted octanol–water partition coefficient (Wildman–Crippen LogP) is 3.44. The zero-order chi connectivity index (χ0) is 16.9. The molecular formula is C16H14ClN5OS. The maximum Gasteiger partial charge on any atom is 0.240 e. The Kier molecular flexibility index (Phi) is 5.12. The minimum atomic E-state index is -0.367. The highest BCUT2D eigenvalue weighted by molar-refractivity contribution is 8.00. The normalized spacial score (nSPS) is 11.9. The number of anilines is 1. The molecule has 0 saturated carbocycles. The summed E-state index contributed by atoms with van der Waals surface area (Å²) in [7, 11) is 0. The first-order valence-electron chi connectivity index (χ1n) is 7.17. The van der Waals surface area contributed by atoms with E-state index in [1.54, 1.807) is 31.6 Å². The number of hydrogen-bond donors (Lipinski definition) is 1. The molecule has 0 spiro atoms. The number of carbonyl (C=O) groups is 1. The fraction of sp³-hybridized carbons (Fsp3) is 0.125. The van der Waals surface area contributed by atoms with Gasteiger partial charge in [-0.2, -0.15) is 0 Å². The predicted molar refractivity (Wildman–Crippen MR) is 94.6 cm³/mol. The van der Waals surface area contributed by atoms with E-state index in [2.05, 4.69) is 20.3 Å². The summed E-state index contributed by atoms with van der Waals surface area (Å²) < 4.78 is 1.89. The van der Waals surface area contributed by atoms with Gasteiger partial charge >= 0.3 is 0 Å². The van der Waals surface area contributed by atoms with Gasteiger partial charge in [0.1, 0.15) is 0 Å². The highest BCUT2D eigenvalue weighted by Gasteiger charge is 2.18. The molecule has 0 aliphatic heterocycles. The Hall–Kier alpha value is -2.38. The molecule has 24 heavy (non-hydrogen) atoms. The molecule has 0 fully saturated rings. The van der Waals surface area contributed by atoms with E-state index in [9.17, 15) is 4.79 Å². The quantitative estimate of drug-likeness (QED) is 0.706. The van der Waals surface area contributed by atoms with Crippen molar-refractivity contribution in [3.63, 3.8) is 0 Å². The topological polar surface area (TPSA) is 72.7 Å². The first-order valence-corrected chi connectivity index (χ1v) is 8.43. The number of nitrogens with one attached hydrogen (secondary N) is 1. The lowest BCUT2D eigenvalue weighted by Crippen LogP contribution is -2.23. The second-order valence-electron chi connectivity index (χ2n) is 4.88. The number of benzene rings is 1. The molecule has 0 aliphatic rings. The van der Waals surface area contributed by atoms with Gasteiger partial charge in [-0.15, -0.1) is 0 Å². The van der Waals surface area contributed by atoms with Crippen molar-refractivity contribution < 1.29 is 4.79 Å². The molecule has 0 radical (unpaired) electrons. The van der Waals surface area contributed by atoms with E-state index in [0.717, 1.165) is 5.69 Å². The Bertz CT molecular complexity index is 839. The van der Waals surface area contributed by atoms with Crippen LogP contribution in [0.25, 0.3) is 5.69 Å². The maximum absolute atomic E-state index is 12.3. The number of hydrogen-bond acceptors (Lipinski definition) is 5. The number of rotatable bonds is 5. The van der Waals surface area contributed by atoms with Gasteiger partial charge in [0.15, 0.2) is 5.16 Å². The zero-order valence-corrected chi connectivity index (χ0v) is 14.3. The standard InChI is InChI=1S/C16H14ClN5OS/c1-11(14(23)21-15-18-6-3-7-19-15)24-16-20-8-9-22(16)13-5-2-4-12(17)10-13/h2-11H,1H3,(H,18,19,21,23). The van der Waals surface area contributed by atoms with E-state index in [-0.39, 0.29) is 17.1 Å². The van der Waals surface area contributed by atoms with E-state index >= 15 is 0 Å². The minimum Gasteiger partial charge on any atom is -0.295 e. The number of nitrogens with zero attached hydrogens (tertiary/aromatic N) is 4. The number of amides is 1. The van der Waals surface area contributed by atoms with Crippen LogP contribution < -0.4 is 5.32 Å². The SMILES string of the molecule is CC(Sc1nccn1-c1cccc(Cl)c1)C(=O)Nc1ncccn1. The molecule has 1 N–H and O–H groups in total. The Morgan fingerprint density at radius 2 is 2.00 bits per heavy atom. The van der Waals surface area contributed by atoms with Crippen LogP contribution in [0.1, 0.15) is 6.92 Å². The molecule has 0 saturated heterocycles. The van der Waals surface area contributed by atoms with Crippen molar-refractivity contribution in [2.45, 2.75) is 17.3 Å². The summed E-state index contributed by atoms with van der Waals surface area (Å²) >= 11 is 7.39. The minimum absolute atomic E-state index is 0.188. The molecule has 2 aromatic heterocycles. The summed E-state index contributed by atoms with van der Waals surface area (Å²) in [5, 5.41) is 3.66. The molecule has 1 atom stereocenters. The highest BCUT2D eigenvalue weighted by Crippen LogP contribution is 2.26. The Morgan fingerprint density at radius 3 is 2.75 bits per heavy atom. The molecular weight excluding hydrogens is 346 g/mol. The van der Waals surface area contributed by atoms with Crippen molar-refractivity contribution in [2.75, 3.05) is 5.32 Å². The molecule has 1 amide bonds. The summed E-state index contributed by atoms with van der Waals surface area (Å²) in [5.74, 6) is 0.0972. The third kappa shape index (κ3) is 3.93. The lowest BCUT2D eigenvalue weighted by Gasteiger charge is -2.12. The number of carbonyl (C=O) groups excluding carboxylic acids is 1. The van der Waals surface area contributed by atoms with Crippen LogP contribution in [-0.2, 0) is 4.79 Å². The first-order chi connectivity index (χ1) is 11.6. The monoisotopic (exact) mass is 359 g/mol. The molecule has 8 heteroatoms. The van der Waals surface area contributed by atoms with Crippen LogP contribution in [0.4, 0.5) is 5.95 Å². The van der Waals surface area contributed by atoms with Crippen LogP contribution in [0.15, 0.2) is 60.3 Å². The Morgan fingerprint density at radius 1 is 1.21 bits per heavy atom. The van der Waals surface area contributed by atoms with Gasteiger partial charge in [-0.1, -0.05) is 29.4 Å². The fourth-order valence-electron chi connectivity index (χ4n) is 1.99. The van der Waals surface area contributed by atoms with Crippen LogP contribution in [0.2, 0.25) is 5.02 Å². The molecule has 2 heterocycles. The largest absolute Gasteiger partial charge is 0.295 e. The van der Waals surface area contributed by atoms with Crippen molar-refractivity contribution in [3.8, 4) is 5.69 Å². The smallest absolute Gasteiger partial charge is 0.240 e. The second-order valence-corrected chi connectivity index (χ2v) is 6.63.